The maximum atomic E-state index is 13.7. The molecular weight excluding hydrogens is 422 g/mol. The minimum atomic E-state index is -0.433. The molecule has 0 atom stereocenters. The third-order valence-corrected chi connectivity index (χ3v) is 5.44. The van der Waals surface area contributed by atoms with Crippen molar-refractivity contribution in [3.8, 4) is 0 Å². The fourth-order valence-electron chi connectivity index (χ4n) is 3.16. The summed E-state index contributed by atoms with van der Waals surface area (Å²) in [4.78, 5) is 16.9. The van der Waals surface area contributed by atoms with Crippen LogP contribution < -0.4 is 4.90 Å². The molecule has 30 heavy (non-hydrogen) atoms. The van der Waals surface area contributed by atoms with E-state index in [0.29, 0.717) is 35.1 Å². The molecule has 0 unspecified atom stereocenters. The molecule has 0 spiro atoms. The smallest absolute Gasteiger partial charge is 0.254 e. The number of hydrogen-bond donors (Lipinski definition) is 0. The largest absolute Gasteiger partial charge is 0.378 e. The van der Waals surface area contributed by atoms with Gasteiger partial charge in [-0.25, -0.2) is 4.39 Å². The zero-order valence-electron chi connectivity index (χ0n) is 16.9. The summed E-state index contributed by atoms with van der Waals surface area (Å²) >= 11 is 12.3. The Hall–Kier alpha value is -2.56. The number of halogens is 3. The van der Waals surface area contributed by atoms with Gasteiger partial charge in [0.25, 0.3) is 5.91 Å². The number of amides is 1. The van der Waals surface area contributed by atoms with Gasteiger partial charge in [-0.2, -0.15) is 0 Å². The van der Waals surface area contributed by atoms with E-state index in [2.05, 4.69) is 0 Å². The summed E-state index contributed by atoms with van der Waals surface area (Å²) in [7, 11) is 3.95. The lowest BCUT2D eigenvalue weighted by Crippen LogP contribution is -2.32. The second-order valence-electron chi connectivity index (χ2n) is 7.28. The van der Waals surface area contributed by atoms with Gasteiger partial charge < -0.3 is 9.80 Å². The molecule has 3 aromatic carbocycles. The number of carbonyl (C=O) groups excluding carboxylic acids is 1. The van der Waals surface area contributed by atoms with Gasteiger partial charge in [0, 0.05) is 48.5 Å². The molecule has 0 aliphatic carbocycles. The zero-order valence-corrected chi connectivity index (χ0v) is 18.4. The Kier molecular flexibility index (Phi) is 7.35. The van der Waals surface area contributed by atoms with E-state index in [1.165, 1.54) is 12.1 Å². The number of anilines is 1. The lowest BCUT2D eigenvalue weighted by molar-refractivity contribution is 0.0744. The van der Waals surface area contributed by atoms with Crippen LogP contribution in [0.15, 0.2) is 66.7 Å². The van der Waals surface area contributed by atoms with E-state index < -0.39 is 5.82 Å². The molecule has 3 rings (SSSR count). The Balaban J connectivity index is 1.82. The molecule has 0 aliphatic heterocycles. The predicted molar refractivity (Wildman–Crippen MR) is 122 cm³/mol. The second kappa shape index (κ2) is 9.96. The molecule has 6 heteroatoms. The SMILES string of the molecule is CN(C)c1ccc(CN(CCc2ccc(Cl)cc2Cl)C(=O)c2cccc(F)c2)cc1. The number of hydrogen-bond acceptors (Lipinski definition) is 2. The van der Waals surface area contributed by atoms with Crippen LogP contribution in [0.25, 0.3) is 0 Å². The second-order valence-corrected chi connectivity index (χ2v) is 8.13. The lowest BCUT2D eigenvalue weighted by atomic mass is 10.1. The minimum Gasteiger partial charge on any atom is -0.378 e. The van der Waals surface area contributed by atoms with Crippen molar-refractivity contribution in [2.24, 2.45) is 0 Å². The molecule has 0 bridgehead atoms. The van der Waals surface area contributed by atoms with Crippen molar-refractivity contribution >= 4 is 34.8 Å². The van der Waals surface area contributed by atoms with Gasteiger partial charge >= 0.3 is 0 Å². The van der Waals surface area contributed by atoms with Crippen LogP contribution in [-0.2, 0) is 13.0 Å². The monoisotopic (exact) mass is 444 g/mol. The van der Waals surface area contributed by atoms with Crippen LogP contribution in [0.4, 0.5) is 10.1 Å². The van der Waals surface area contributed by atoms with E-state index in [1.54, 1.807) is 29.2 Å². The third kappa shape index (κ3) is 5.74. The highest BCUT2D eigenvalue weighted by Crippen LogP contribution is 2.22. The van der Waals surface area contributed by atoms with Crippen molar-refractivity contribution < 1.29 is 9.18 Å². The van der Waals surface area contributed by atoms with Crippen LogP contribution >= 0.6 is 23.2 Å². The topological polar surface area (TPSA) is 23.6 Å². The highest BCUT2D eigenvalue weighted by Gasteiger charge is 2.17. The van der Waals surface area contributed by atoms with E-state index in [4.69, 9.17) is 23.2 Å². The summed E-state index contributed by atoms with van der Waals surface area (Å²) in [6.45, 7) is 0.848. The normalized spacial score (nSPS) is 10.7. The highest BCUT2D eigenvalue weighted by molar-refractivity contribution is 6.35. The van der Waals surface area contributed by atoms with Crippen LogP contribution in [-0.4, -0.2) is 31.4 Å². The molecule has 156 valence electrons. The third-order valence-electron chi connectivity index (χ3n) is 4.85. The fourth-order valence-corrected chi connectivity index (χ4v) is 3.66. The van der Waals surface area contributed by atoms with Crippen LogP contribution in [0.2, 0.25) is 10.0 Å². The van der Waals surface area contributed by atoms with Gasteiger partial charge in [-0.3, -0.25) is 4.79 Å². The Bertz CT molecular complexity index is 1020. The van der Waals surface area contributed by atoms with Gasteiger partial charge in [0.15, 0.2) is 0 Å². The number of benzene rings is 3. The summed E-state index contributed by atoms with van der Waals surface area (Å²) < 4.78 is 13.7. The van der Waals surface area contributed by atoms with E-state index in [9.17, 15) is 9.18 Å². The average Bonchev–Trinajstić information content (AvgIpc) is 2.72. The summed E-state index contributed by atoms with van der Waals surface area (Å²) in [5.74, 6) is -0.659. The molecule has 1 amide bonds. The van der Waals surface area contributed by atoms with Crippen molar-refractivity contribution in [3.05, 3.63) is 99.3 Å². The van der Waals surface area contributed by atoms with Gasteiger partial charge in [0.1, 0.15) is 5.82 Å². The van der Waals surface area contributed by atoms with Crippen molar-refractivity contribution in [2.45, 2.75) is 13.0 Å². The standard InChI is InChI=1S/C24H23Cl2FN2O/c1-28(2)22-10-6-17(7-11-22)16-29(24(30)19-4-3-5-21(27)14-19)13-12-18-8-9-20(25)15-23(18)26/h3-11,14-15H,12-13,16H2,1-2H3. The van der Waals surface area contributed by atoms with E-state index in [1.807, 2.05) is 49.3 Å². The molecule has 0 heterocycles. The zero-order chi connectivity index (χ0) is 21.7. The van der Waals surface area contributed by atoms with E-state index >= 15 is 0 Å². The molecule has 3 nitrogen and oxygen atoms in total. The molecular formula is C24H23Cl2FN2O. The Morgan fingerprint density at radius 1 is 0.967 bits per heavy atom. The quantitative estimate of drug-likeness (QED) is 0.440. The van der Waals surface area contributed by atoms with Gasteiger partial charge in [-0.15, -0.1) is 0 Å². The van der Waals surface area contributed by atoms with Crippen LogP contribution in [0.3, 0.4) is 0 Å². The highest BCUT2D eigenvalue weighted by atomic mass is 35.5. The van der Waals surface area contributed by atoms with Gasteiger partial charge in [-0.05, 0) is 60.0 Å². The first-order valence-corrected chi connectivity index (χ1v) is 10.3. The molecule has 0 fully saturated rings. The van der Waals surface area contributed by atoms with Gasteiger partial charge in [0.05, 0.1) is 0 Å². The Morgan fingerprint density at radius 2 is 1.70 bits per heavy atom. The fraction of sp³-hybridized carbons (Fsp3) is 0.208. The lowest BCUT2D eigenvalue weighted by Gasteiger charge is -2.24. The van der Waals surface area contributed by atoms with Crippen molar-refractivity contribution in [3.63, 3.8) is 0 Å². The minimum absolute atomic E-state index is 0.226. The molecule has 0 aromatic heterocycles. The Labute approximate surface area is 186 Å². The van der Waals surface area contributed by atoms with Crippen molar-refractivity contribution in [2.75, 3.05) is 25.5 Å². The summed E-state index contributed by atoms with van der Waals surface area (Å²) in [5.41, 5.74) is 3.30. The van der Waals surface area contributed by atoms with Crippen LogP contribution in [0.5, 0.6) is 0 Å². The maximum absolute atomic E-state index is 13.7. The Morgan fingerprint density at radius 3 is 2.33 bits per heavy atom. The average molecular weight is 445 g/mol. The van der Waals surface area contributed by atoms with Crippen molar-refractivity contribution in [1.82, 2.24) is 4.90 Å². The maximum Gasteiger partial charge on any atom is 0.254 e. The van der Waals surface area contributed by atoms with Crippen molar-refractivity contribution in [1.29, 1.82) is 0 Å². The molecule has 0 saturated heterocycles. The number of nitrogens with zero attached hydrogens (tertiary/aromatic N) is 2. The molecule has 0 N–H and O–H groups in total. The van der Waals surface area contributed by atoms with Gasteiger partial charge in [0.2, 0.25) is 0 Å². The number of carbonyl (C=O) groups is 1. The van der Waals surface area contributed by atoms with Gasteiger partial charge in [-0.1, -0.05) is 47.5 Å². The summed E-state index contributed by atoms with van der Waals surface area (Å²) in [5, 5.41) is 1.13. The molecule has 0 saturated carbocycles. The first-order chi connectivity index (χ1) is 14.3. The molecule has 3 aromatic rings. The summed E-state index contributed by atoms with van der Waals surface area (Å²) in [6, 6.07) is 19.1. The summed E-state index contributed by atoms with van der Waals surface area (Å²) in [6.07, 6.45) is 0.562. The predicted octanol–water partition coefficient (Wildman–Crippen LogP) is 6.08. The first kappa shape index (κ1) is 22.1. The van der Waals surface area contributed by atoms with E-state index in [-0.39, 0.29) is 5.91 Å². The first-order valence-electron chi connectivity index (χ1n) is 9.58. The van der Waals surface area contributed by atoms with Crippen LogP contribution in [0.1, 0.15) is 21.5 Å². The molecule has 0 radical (unpaired) electrons. The van der Waals surface area contributed by atoms with Crippen LogP contribution in [0, 0.1) is 5.82 Å². The number of rotatable bonds is 7. The van der Waals surface area contributed by atoms with E-state index in [0.717, 1.165) is 16.8 Å². The molecule has 0 aliphatic rings.